The van der Waals surface area contributed by atoms with Crippen molar-refractivity contribution in [3.8, 4) is 11.4 Å². The topological polar surface area (TPSA) is 62.1 Å². The van der Waals surface area contributed by atoms with Crippen molar-refractivity contribution in [2.45, 2.75) is 66.2 Å². The normalized spacial score (nSPS) is 12.2. The van der Waals surface area contributed by atoms with Crippen molar-refractivity contribution >= 4 is 12.6 Å². The average Bonchev–Trinajstić information content (AvgIpc) is 2.95. The fourth-order valence-electron chi connectivity index (χ4n) is 2.39. The van der Waals surface area contributed by atoms with Crippen LogP contribution in [0.5, 0.6) is 0 Å². The molecule has 6 nitrogen and oxygen atoms in total. The average molecular weight is 330 g/mol. The third kappa shape index (κ3) is 4.42. The van der Waals surface area contributed by atoms with Crippen molar-refractivity contribution in [1.82, 2.24) is 20.2 Å². The maximum atomic E-state index is 6.01. The summed E-state index contributed by atoms with van der Waals surface area (Å²) in [5.74, 6) is 0.711. The molecule has 0 amide bonds. The second-order valence-electron chi connectivity index (χ2n) is 7.37. The number of rotatable bonds is 6. The molecule has 0 unspecified atom stereocenters. The van der Waals surface area contributed by atoms with Crippen molar-refractivity contribution in [2.24, 2.45) is 0 Å². The first-order chi connectivity index (χ1) is 11.2. The van der Waals surface area contributed by atoms with Gasteiger partial charge >= 0.3 is 7.12 Å². The molecule has 1 aromatic heterocycles. The molecule has 0 saturated carbocycles. The Morgan fingerprint density at radius 3 is 2.12 bits per heavy atom. The van der Waals surface area contributed by atoms with E-state index in [2.05, 4.69) is 36.3 Å². The van der Waals surface area contributed by atoms with E-state index < -0.39 is 7.12 Å². The summed E-state index contributed by atoms with van der Waals surface area (Å²) in [6.07, 6.45) is 0.0841. The standard InChI is InChI=1S/C17H27BN4O2/c1-12(2)23-18(24-13(3)4)15-11-9-8-10-14(15)16-19-20-21-22(16)17(5,6)7/h8-13H,1-7H3. The summed E-state index contributed by atoms with van der Waals surface area (Å²) in [4.78, 5) is 0. The number of tetrazole rings is 1. The van der Waals surface area contributed by atoms with Crippen molar-refractivity contribution < 1.29 is 9.31 Å². The van der Waals surface area contributed by atoms with Crippen molar-refractivity contribution in [1.29, 1.82) is 0 Å². The van der Waals surface area contributed by atoms with Gasteiger partial charge < -0.3 is 9.31 Å². The number of aromatic nitrogens is 4. The Labute approximate surface area is 144 Å². The highest BCUT2D eigenvalue weighted by atomic mass is 16.6. The third-order valence-electron chi connectivity index (χ3n) is 3.35. The first-order valence-electron chi connectivity index (χ1n) is 8.39. The van der Waals surface area contributed by atoms with Crippen LogP contribution in [0.25, 0.3) is 11.4 Å². The fourth-order valence-corrected chi connectivity index (χ4v) is 2.39. The fraction of sp³-hybridized carbons (Fsp3) is 0.588. The molecule has 130 valence electrons. The summed E-state index contributed by atoms with van der Waals surface area (Å²) >= 11 is 0. The Morgan fingerprint density at radius 1 is 1.00 bits per heavy atom. The molecule has 0 fully saturated rings. The zero-order chi connectivity index (χ0) is 17.9. The van der Waals surface area contributed by atoms with Crippen LogP contribution in [0.4, 0.5) is 0 Å². The minimum atomic E-state index is -0.466. The summed E-state index contributed by atoms with van der Waals surface area (Å²) in [5, 5.41) is 12.3. The highest BCUT2D eigenvalue weighted by Crippen LogP contribution is 2.22. The van der Waals surface area contributed by atoms with E-state index in [1.807, 2.05) is 56.6 Å². The van der Waals surface area contributed by atoms with Crippen LogP contribution in [-0.4, -0.2) is 39.5 Å². The predicted octanol–water partition coefficient (Wildman–Crippen LogP) is 2.64. The van der Waals surface area contributed by atoms with Crippen LogP contribution < -0.4 is 5.46 Å². The molecular formula is C17H27BN4O2. The lowest BCUT2D eigenvalue weighted by molar-refractivity contribution is 0.139. The summed E-state index contributed by atoms with van der Waals surface area (Å²) in [5.41, 5.74) is 1.63. The van der Waals surface area contributed by atoms with Gasteiger partial charge in [-0.2, -0.15) is 0 Å². The van der Waals surface area contributed by atoms with Gasteiger partial charge in [0.1, 0.15) is 0 Å². The number of nitrogens with zero attached hydrogens (tertiary/aromatic N) is 4. The van der Waals surface area contributed by atoms with E-state index in [-0.39, 0.29) is 17.7 Å². The van der Waals surface area contributed by atoms with E-state index in [0.717, 1.165) is 11.0 Å². The quantitative estimate of drug-likeness (QED) is 0.762. The molecule has 1 aromatic carbocycles. The van der Waals surface area contributed by atoms with Gasteiger partial charge in [0.05, 0.1) is 5.54 Å². The van der Waals surface area contributed by atoms with E-state index >= 15 is 0 Å². The maximum Gasteiger partial charge on any atom is 0.494 e. The molecule has 0 bridgehead atoms. The number of benzene rings is 1. The predicted molar refractivity (Wildman–Crippen MR) is 96.1 cm³/mol. The lowest BCUT2D eigenvalue weighted by Crippen LogP contribution is -2.42. The van der Waals surface area contributed by atoms with Gasteiger partial charge in [-0.3, -0.25) is 0 Å². The summed E-state index contributed by atoms with van der Waals surface area (Å²) in [6.45, 7) is 14.2. The Balaban J connectivity index is 2.52. The molecule has 0 radical (unpaired) electrons. The zero-order valence-electron chi connectivity index (χ0n) is 15.6. The molecule has 0 spiro atoms. The van der Waals surface area contributed by atoms with Gasteiger partial charge in [-0.05, 0) is 64.4 Å². The molecule has 1 heterocycles. The van der Waals surface area contributed by atoms with Gasteiger partial charge in [-0.1, -0.05) is 24.3 Å². The van der Waals surface area contributed by atoms with Gasteiger partial charge in [0.25, 0.3) is 0 Å². The molecule has 7 heteroatoms. The largest absolute Gasteiger partial charge is 0.494 e. The van der Waals surface area contributed by atoms with Crippen LogP contribution in [0.1, 0.15) is 48.5 Å². The Hall–Kier alpha value is -1.73. The molecule has 0 aliphatic heterocycles. The van der Waals surface area contributed by atoms with Crippen LogP contribution in [0.15, 0.2) is 24.3 Å². The minimum Gasteiger partial charge on any atom is -0.405 e. The zero-order valence-corrected chi connectivity index (χ0v) is 15.6. The summed E-state index contributed by atoms with van der Waals surface area (Å²) in [6, 6.07) is 7.96. The first kappa shape index (κ1) is 18.6. The van der Waals surface area contributed by atoms with Gasteiger partial charge in [-0.25, -0.2) is 4.68 Å². The SMILES string of the molecule is CC(C)OB(OC(C)C)c1ccccc1-c1nnnn1C(C)(C)C. The summed E-state index contributed by atoms with van der Waals surface area (Å²) < 4.78 is 13.8. The van der Waals surface area contributed by atoms with Crippen molar-refractivity contribution in [2.75, 3.05) is 0 Å². The monoisotopic (exact) mass is 330 g/mol. The lowest BCUT2D eigenvalue weighted by Gasteiger charge is -2.23. The van der Waals surface area contributed by atoms with Gasteiger partial charge in [-0.15, -0.1) is 5.10 Å². The Kier molecular flexibility index (Phi) is 5.77. The van der Waals surface area contributed by atoms with E-state index in [1.165, 1.54) is 0 Å². The molecule has 2 rings (SSSR count). The second-order valence-corrected chi connectivity index (χ2v) is 7.37. The van der Waals surface area contributed by atoms with Crippen molar-refractivity contribution in [3.05, 3.63) is 24.3 Å². The van der Waals surface area contributed by atoms with Crippen LogP contribution in [0.2, 0.25) is 0 Å². The van der Waals surface area contributed by atoms with Crippen LogP contribution in [0.3, 0.4) is 0 Å². The van der Waals surface area contributed by atoms with Gasteiger partial charge in [0.15, 0.2) is 5.82 Å². The van der Waals surface area contributed by atoms with Gasteiger partial charge in [0.2, 0.25) is 0 Å². The third-order valence-corrected chi connectivity index (χ3v) is 3.35. The maximum absolute atomic E-state index is 6.01. The molecule has 0 aliphatic rings. The van der Waals surface area contributed by atoms with Crippen LogP contribution in [-0.2, 0) is 14.8 Å². The minimum absolute atomic E-state index is 0.0421. The van der Waals surface area contributed by atoms with E-state index in [4.69, 9.17) is 9.31 Å². The molecule has 0 atom stereocenters. The molecule has 0 aliphatic carbocycles. The van der Waals surface area contributed by atoms with Gasteiger partial charge in [0, 0.05) is 17.8 Å². The summed E-state index contributed by atoms with van der Waals surface area (Å²) in [7, 11) is -0.466. The Bertz CT molecular complexity index is 655. The molecule has 0 saturated heterocycles. The van der Waals surface area contributed by atoms with Crippen molar-refractivity contribution in [3.63, 3.8) is 0 Å². The van der Waals surface area contributed by atoms with E-state index in [9.17, 15) is 0 Å². The van der Waals surface area contributed by atoms with E-state index in [0.29, 0.717) is 5.82 Å². The second kappa shape index (κ2) is 7.44. The molecular weight excluding hydrogens is 303 g/mol. The smallest absolute Gasteiger partial charge is 0.405 e. The van der Waals surface area contributed by atoms with Crippen LogP contribution >= 0.6 is 0 Å². The molecule has 2 aromatic rings. The highest BCUT2D eigenvalue weighted by Gasteiger charge is 2.30. The first-order valence-corrected chi connectivity index (χ1v) is 8.39. The lowest BCUT2D eigenvalue weighted by atomic mass is 9.74. The molecule has 24 heavy (non-hydrogen) atoms. The van der Waals surface area contributed by atoms with E-state index in [1.54, 1.807) is 0 Å². The highest BCUT2D eigenvalue weighted by molar-refractivity contribution is 6.63. The van der Waals surface area contributed by atoms with Crippen LogP contribution in [0, 0.1) is 0 Å². The molecule has 0 N–H and O–H groups in total. The number of hydrogen-bond acceptors (Lipinski definition) is 5. The Morgan fingerprint density at radius 2 is 1.58 bits per heavy atom. The number of hydrogen-bond donors (Lipinski definition) is 0.